The highest BCUT2D eigenvalue weighted by Crippen LogP contribution is 2.70. The summed E-state index contributed by atoms with van der Waals surface area (Å²) in [6.07, 6.45) is 18.8. The Balaban J connectivity index is 1.80. The second kappa shape index (κ2) is 11.0. The Morgan fingerprint density at radius 1 is 0.692 bits per heavy atom. The van der Waals surface area contributed by atoms with E-state index in [0.29, 0.717) is 24.0 Å². The lowest BCUT2D eigenvalue weighted by Crippen LogP contribution is -2.27. The number of unbranched alkanes of at least 4 members (excludes halogenated alkanes) is 3. The number of hydrogen-bond donors (Lipinski definition) is 3. The van der Waals surface area contributed by atoms with E-state index in [2.05, 4.69) is 6.92 Å². The summed E-state index contributed by atoms with van der Waals surface area (Å²) in [5.41, 5.74) is 0.989. The zero-order valence-electron chi connectivity index (χ0n) is 17.2. The summed E-state index contributed by atoms with van der Waals surface area (Å²) >= 11 is 0. The SMILES string of the molecule is CCCCCC(O)CCCCC(C1(CCCO)CC1)C1(CCCO)CC1. The highest BCUT2D eigenvalue weighted by Gasteiger charge is 2.59. The standard InChI is InChI=1S/C23H44O3/c1-2-3-4-9-20(26)10-5-6-11-21(22(14-15-22)12-7-18-24)23(16-17-23)13-8-19-25/h20-21,24-26H,2-19H2,1H3. The third-order valence-electron chi connectivity index (χ3n) is 7.35. The molecule has 154 valence electrons. The summed E-state index contributed by atoms with van der Waals surface area (Å²) in [7, 11) is 0. The normalized spacial score (nSPS) is 21.1. The van der Waals surface area contributed by atoms with Gasteiger partial charge in [0, 0.05) is 13.2 Å². The van der Waals surface area contributed by atoms with Gasteiger partial charge in [0.2, 0.25) is 0 Å². The van der Waals surface area contributed by atoms with Crippen LogP contribution in [0, 0.1) is 16.7 Å². The van der Waals surface area contributed by atoms with Crippen molar-refractivity contribution in [2.75, 3.05) is 13.2 Å². The second-order valence-corrected chi connectivity index (χ2v) is 9.37. The number of aliphatic hydroxyl groups excluding tert-OH is 3. The Morgan fingerprint density at radius 3 is 1.58 bits per heavy atom. The van der Waals surface area contributed by atoms with E-state index < -0.39 is 0 Å². The molecule has 2 aliphatic rings. The maximum absolute atomic E-state index is 10.2. The fraction of sp³-hybridized carbons (Fsp3) is 1.00. The van der Waals surface area contributed by atoms with Crippen molar-refractivity contribution in [2.45, 2.75) is 116 Å². The molecule has 0 aliphatic heterocycles. The Kier molecular flexibility index (Phi) is 9.40. The van der Waals surface area contributed by atoms with E-state index in [-0.39, 0.29) is 6.10 Å². The molecule has 3 nitrogen and oxygen atoms in total. The maximum Gasteiger partial charge on any atom is 0.0540 e. The monoisotopic (exact) mass is 368 g/mol. The third-order valence-corrected chi connectivity index (χ3v) is 7.35. The average molecular weight is 369 g/mol. The molecule has 0 amide bonds. The molecule has 1 atom stereocenters. The van der Waals surface area contributed by atoms with Crippen LogP contribution in [-0.4, -0.2) is 34.6 Å². The molecule has 0 spiro atoms. The first-order chi connectivity index (χ1) is 12.6. The smallest absolute Gasteiger partial charge is 0.0540 e. The van der Waals surface area contributed by atoms with E-state index >= 15 is 0 Å². The van der Waals surface area contributed by atoms with Gasteiger partial charge in [-0.2, -0.15) is 0 Å². The van der Waals surface area contributed by atoms with Gasteiger partial charge in [-0.15, -0.1) is 0 Å². The van der Waals surface area contributed by atoms with Crippen LogP contribution in [-0.2, 0) is 0 Å². The predicted molar refractivity (Wildman–Crippen MR) is 108 cm³/mol. The Bertz CT molecular complexity index is 350. The van der Waals surface area contributed by atoms with E-state index in [4.69, 9.17) is 0 Å². The summed E-state index contributed by atoms with van der Waals surface area (Å²) in [5.74, 6) is 0.783. The zero-order chi connectivity index (χ0) is 18.9. The van der Waals surface area contributed by atoms with Crippen LogP contribution in [0.15, 0.2) is 0 Å². The highest BCUT2D eigenvalue weighted by molar-refractivity contribution is 5.10. The average Bonchev–Trinajstić information content (AvgIpc) is 3.56. The number of aliphatic hydroxyl groups is 3. The van der Waals surface area contributed by atoms with Crippen LogP contribution in [0.3, 0.4) is 0 Å². The van der Waals surface area contributed by atoms with E-state index in [1.54, 1.807) is 0 Å². The minimum absolute atomic E-state index is 0.103. The second-order valence-electron chi connectivity index (χ2n) is 9.37. The van der Waals surface area contributed by atoms with Gasteiger partial charge in [0.15, 0.2) is 0 Å². The lowest BCUT2D eigenvalue weighted by atomic mass is 9.70. The fourth-order valence-electron chi connectivity index (χ4n) is 5.49. The molecule has 2 fully saturated rings. The summed E-state index contributed by atoms with van der Waals surface area (Å²) < 4.78 is 0. The largest absolute Gasteiger partial charge is 0.396 e. The van der Waals surface area contributed by atoms with Gasteiger partial charge in [-0.25, -0.2) is 0 Å². The molecule has 0 aromatic heterocycles. The van der Waals surface area contributed by atoms with Crippen LogP contribution >= 0.6 is 0 Å². The molecular formula is C23H44O3. The molecule has 2 rings (SSSR count). The summed E-state index contributed by atoms with van der Waals surface area (Å²) in [6.45, 7) is 2.85. The molecule has 0 bridgehead atoms. The quantitative estimate of drug-likeness (QED) is 0.309. The summed E-state index contributed by atoms with van der Waals surface area (Å²) in [6, 6.07) is 0. The van der Waals surface area contributed by atoms with E-state index in [0.717, 1.165) is 44.4 Å². The van der Waals surface area contributed by atoms with Crippen molar-refractivity contribution < 1.29 is 15.3 Å². The van der Waals surface area contributed by atoms with Gasteiger partial charge in [-0.05, 0) is 87.4 Å². The van der Waals surface area contributed by atoms with Crippen molar-refractivity contribution >= 4 is 0 Å². The summed E-state index contributed by atoms with van der Waals surface area (Å²) in [4.78, 5) is 0. The maximum atomic E-state index is 10.2. The minimum Gasteiger partial charge on any atom is -0.396 e. The number of hydrogen-bond acceptors (Lipinski definition) is 3. The Morgan fingerprint density at radius 2 is 1.15 bits per heavy atom. The Hall–Kier alpha value is -0.120. The lowest BCUT2D eigenvalue weighted by Gasteiger charge is -2.35. The molecule has 0 saturated heterocycles. The zero-order valence-corrected chi connectivity index (χ0v) is 17.2. The van der Waals surface area contributed by atoms with Crippen LogP contribution in [0.5, 0.6) is 0 Å². The summed E-state index contributed by atoms with van der Waals surface area (Å²) in [5, 5.41) is 28.8. The van der Waals surface area contributed by atoms with Gasteiger partial charge >= 0.3 is 0 Å². The molecule has 0 aromatic rings. The molecule has 1 unspecified atom stereocenters. The first-order valence-corrected chi connectivity index (χ1v) is 11.5. The van der Waals surface area contributed by atoms with Crippen molar-refractivity contribution in [3.63, 3.8) is 0 Å². The molecule has 2 saturated carbocycles. The third kappa shape index (κ3) is 6.49. The molecule has 0 aromatic carbocycles. The lowest BCUT2D eigenvalue weighted by molar-refractivity contribution is 0.120. The predicted octanol–water partition coefficient (Wildman–Crippen LogP) is 5.21. The first kappa shape index (κ1) is 22.2. The van der Waals surface area contributed by atoms with Gasteiger partial charge in [-0.3, -0.25) is 0 Å². The topological polar surface area (TPSA) is 60.7 Å². The van der Waals surface area contributed by atoms with Crippen molar-refractivity contribution in [1.82, 2.24) is 0 Å². The van der Waals surface area contributed by atoms with Crippen molar-refractivity contribution in [3.8, 4) is 0 Å². The van der Waals surface area contributed by atoms with Crippen molar-refractivity contribution in [1.29, 1.82) is 0 Å². The molecule has 0 heterocycles. The van der Waals surface area contributed by atoms with E-state index in [1.807, 2.05) is 0 Å². The van der Waals surface area contributed by atoms with Crippen LogP contribution in [0.2, 0.25) is 0 Å². The molecule has 2 aliphatic carbocycles. The van der Waals surface area contributed by atoms with Gasteiger partial charge in [0.25, 0.3) is 0 Å². The van der Waals surface area contributed by atoms with Crippen LogP contribution in [0.1, 0.15) is 110 Å². The van der Waals surface area contributed by atoms with Crippen molar-refractivity contribution in [2.24, 2.45) is 16.7 Å². The van der Waals surface area contributed by atoms with Crippen LogP contribution < -0.4 is 0 Å². The highest BCUT2D eigenvalue weighted by atomic mass is 16.3. The molecule has 26 heavy (non-hydrogen) atoms. The van der Waals surface area contributed by atoms with Gasteiger partial charge in [0.1, 0.15) is 0 Å². The fourth-order valence-corrected chi connectivity index (χ4v) is 5.49. The van der Waals surface area contributed by atoms with Crippen molar-refractivity contribution in [3.05, 3.63) is 0 Å². The van der Waals surface area contributed by atoms with Crippen LogP contribution in [0.4, 0.5) is 0 Å². The van der Waals surface area contributed by atoms with Gasteiger partial charge < -0.3 is 15.3 Å². The first-order valence-electron chi connectivity index (χ1n) is 11.5. The Labute approximate surface area is 161 Å². The molecular weight excluding hydrogens is 324 g/mol. The van der Waals surface area contributed by atoms with E-state index in [9.17, 15) is 15.3 Å². The molecule has 3 N–H and O–H groups in total. The van der Waals surface area contributed by atoms with Gasteiger partial charge in [-0.1, -0.05) is 39.0 Å². The minimum atomic E-state index is -0.103. The molecule has 3 heteroatoms. The number of rotatable bonds is 17. The van der Waals surface area contributed by atoms with Crippen LogP contribution in [0.25, 0.3) is 0 Å². The molecule has 0 radical (unpaired) electrons. The van der Waals surface area contributed by atoms with Gasteiger partial charge in [0.05, 0.1) is 6.10 Å². The van der Waals surface area contributed by atoms with E-state index in [1.165, 1.54) is 64.2 Å².